The maximum atomic E-state index is 13.3. The maximum Gasteiger partial charge on any atom is 0.225 e. The lowest BCUT2D eigenvalue weighted by Gasteiger charge is -2.37. The van der Waals surface area contributed by atoms with Crippen LogP contribution in [0.2, 0.25) is 0 Å². The van der Waals surface area contributed by atoms with E-state index in [1.54, 1.807) is 0 Å². The fourth-order valence-corrected chi connectivity index (χ4v) is 5.39. The minimum atomic E-state index is 0.221. The number of hydrogen-bond donors (Lipinski definition) is 0. The molecule has 2 fully saturated rings. The van der Waals surface area contributed by atoms with E-state index in [1.165, 1.54) is 37.7 Å². The Labute approximate surface area is 185 Å². The number of aromatic nitrogens is 2. The Hall–Kier alpha value is -2.43. The summed E-state index contributed by atoms with van der Waals surface area (Å²) in [7, 11) is 0. The van der Waals surface area contributed by atoms with Gasteiger partial charge in [-0.25, -0.2) is 9.97 Å². The van der Waals surface area contributed by atoms with Gasteiger partial charge in [-0.15, -0.1) is 0 Å². The first-order chi connectivity index (χ1) is 15.2. The molecule has 1 amide bonds. The van der Waals surface area contributed by atoms with Gasteiger partial charge in [0.25, 0.3) is 0 Å². The van der Waals surface area contributed by atoms with Crippen LogP contribution in [0.15, 0.2) is 30.3 Å². The van der Waals surface area contributed by atoms with Gasteiger partial charge < -0.3 is 9.80 Å². The molecule has 31 heavy (non-hydrogen) atoms. The molecule has 0 unspecified atom stereocenters. The first kappa shape index (κ1) is 20.5. The highest BCUT2D eigenvalue weighted by Crippen LogP contribution is 2.33. The zero-order valence-electron chi connectivity index (χ0n) is 18.7. The average Bonchev–Trinajstić information content (AvgIpc) is 2.84. The van der Waals surface area contributed by atoms with E-state index in [9.17, 15) is 4.79 Å². The molecule has 1 saturated heterocycles. The molecule has 3 aliphatic rings. The van der Waals surface area contributed by atoms with Gasteiger partial charge in [-0.05, 0) is 31.6 Å². The molecule has 0 radical (unpaired) electrons. The lowest BCUT2D eigenvalue weighted by atomic mass is 9.87. The van der Waals surface area contributed by atoms with Gasteiger partial charge in [0.15, 0.2) is 5.82 Å². The average molecular weight is 419 g/mol. The number of anilines is 1. The van der Waals surface area contributed by atoms with Crippen molar-refractivity contribution in [3.8, 4) is 11.4 Å². The summed E-state index contributed by atoms with van der Waals surface area (Å²) in [6, 6.07) is 10.3. The highest BCUT2D eigenvalue weighted by molar-refractivity contribution is 5.79. The predicted molar refractivity (Wildman–Crippen MR) is 124 cm³/mol. The topological polar surface area (TPSA) is 49.3 Å². The Morgan fingerprint density at radius 2 is 1.68 bits per heavy atom. The van der Waals surface area contributed by atoms with Gasteiger partial charge >= 0.3 is 0 Å². The number of nitrogens with zero attached hydrogens (tertiary/aromatic N) is 4. The van der Waals surface area contributed by atoms with Crippen LogP contribution in [-0.2, 0) is 17.8 Å². The van der Waals surface area contributed by atoms with Crippen molar-refractivity contribution >= 4 is 11.7 Å². The number of carbonyl (C=O) groups is 1. The molecule has 0 spiro atoms. The van der Waals surface area contributed by atoms with Crippen molar-refractivity contribution in [3.05, 3.63) is 41.6 Å². The van der Waals surface area contributed by atoms with E-state index in [2.05, 4.69) is 28.9 Å². The summed E-state index contributed by atoms with van der Waals surface area (Å²) in [6.07, 6.45) is 9.01. The monoisotopic (exact) mass is 418 g/mol. The molecule has 3 heterocycles. The largest absolute Gasteiger partial charge is 0.356 e. The predicted octanol–water partition coefficient (Wildman–Crippen LogP) is 4.84. The molecule has 0 bridgehead atoms. The first-order valence-corrected chi connectivity index (χ1v) is 12.2. The lowest BCUT2D eigenvalue weighted by molar-refractivity contribution is -0.137. The maximum absolute atomic E-state index is 13.3. The zero-order valence-corrected chi connectivity index (χ0v) is 18.7. The summed E-state index contributed by atoms with van der Waals surface area (Å²) in [5.74, 6) is 3.23. The molecular formula is C26H34N4O. The summed E-state index contributed by atoms with van der Waals surface area (Å²) in [6.45, 7) is 5.86. The fourth-order valence-electron chi connectivity index (χ4n) is 5.39. The van der Waals surface area contributed by atoms with Crippen molar-refractivity contribution in [2.45, 2.75) is 64.8 Å². The van der Waals surface area contributed by atoms with Crippen LogP contribution >= 0.6 is 0 Å². The highest BCUT2D eigenvalue weighted by Gasteiger charge is 2.32. The molecule has 2 aliphatic heterocycles. The van der Waals surface area contributed by atoms with Crippen LogP contribution in [0, 0.1) is 11.8 Å². The number of hydrogen-bond acceptors (Lipinski definition) is 4. The molecule has 5 rings (SSSR count). The normalized spacial score (nSPS) is 20.5. The number of fused-ring (bicyclic) bond motifs is 1. The lowest BCUT2D eigenvalue weighted by Crippen LogP contribution is -2.42. The van der Waals surface area contributed by atoms with Crippen molar-refractivity contribution in [2.24, 2.45) is 11.8 Å². The van der Waals surface area contributed by atoms with Crippen LogP contribution in [0.4, 0.5) is 5.82 Å². The molecule has 0 atom stereocenters. The number of carbonyl (C=O) groups excluding carboxylic acids is 1. The Balaban J connectivity index is 1.47. The number of piperidine rings is 1. The Kier molecular flexibility index (Phi) is 5.93. The van der Waals surface area contributed by atoms with Crippen LogP contribution in [0.3, 0.4) is 0 Å². The summed E-state index contributed by atoms with van der Waals surface area (Å²) in [5.41, 5.74) is 3.39. The third kappa shape index (κ3) is 4.32. The summed E-state index contributed by atoms with van der Waals surface area (Å²) >= 11 is 0. The van der Waals surface area contributed by atoms with Gasteiger partial charge in [0.1, 0.15) is 5.82 Å². The van der Waals surface area contributed by atoms with Gasteiger partial charge in [0.05, 0.1) is 12.2 Å². The molecule has 1 aliphatic carbocycles. The Bertz CT molecular complexity index is 915. The summed E-state index contributed by atoms with van der Waals surface area (Å²) in [4.78, 5) is 27.9. The molecule has 164 valence electrons. The van der Waals surface area contributed by atoms with Crippen LogP contribution in [0.5, 0.6) is 0 Å². The van der Waals surface area contributed by atoms with Gasteiger partial charge in [0.2, 0.25) is 5.91 Å². The van der Waals surface area contributed by atoms with Crippen LogP contribution < -0.4 is 4.90 Å². The standard InChI is InChI=1S/C26H34N4O/c1-19-12-15-29(16-13-19)25-22-18-30(26(31)21-10-6-3-7-11-21)17-14-23(22)27-24(28-25)20-8-4-2-5-9-20/h2,4-5,8-9,19,21H,3,6-7,10-18H2,1H3. The minimum Gasteiger partial charge on any atom is -0.356 e. The molecule has 5 nitrogen and oxygen atoms in total. The van der Waals surface area contributed by atoms with E-state index in [0.717, 1.165) is 67.7 Å². The molecule has 1 saturated carbocycles. The van der Waals surface area contributed by atoms with Crippen LogP contribution in [0.1, 0.15) is 63.1 Å². The van der Waals surface area contributed by atoms with E-state index in [1.807, 2.05) is 18.2 Å². The van der Waals surface area contributed by atoms with E-state index in [-0.39, 0.29) is 5.92 Å². The molecule has 1 aromatic heterocycles. The molecule has 0 N–H and O–H groups in total. The van der Waals surface area contributed by atoms with E-state index < -0.39 is 0 Å². The fraction of sp³-hybridized carbons (Fsp3) is 0.577. The van der Waals surface area contributed by atoms with Gasteiger partial charge in [-0.2, -0.15) is 0 Å². The Morgan fingerprint density at radius 3 is 2.42 bits per heavy atom. The van der Waals surface area contributed by atoms with Gasteiger partial charge in [0, 0.05) is 43.1 Å². The zero-order chi connectivity index (χ0) is 21.2. The van der Waals surface area contributed by atoms with Crippen molar-refractivity contribution in [1.29, 1.82) is 0 Å². The minimum absolute atomic E-state index is 0.221. The van der Waals surface area contributed by atoms with E-state index >= 15 is 0 Å². The molecular weight excluding hydrogens is 384 g/mol. The SMILES string of the molecule is CC1CCN(c2nc(-c3ccccc3)nc3c2CN(C(=O)C2CCCCC2)CC3)CC1. The Morgan fingerprint density at radius 1 is 0.935 bits per heavy atom. The first-order valence-electron chi connectivity index (χ1n) is 12.2. The van der Waals surface area contributed by atoms with Gasteiger partial charge in [-0.1, -0.05) is 56.5 Å². The van der Waals surface area contributed by atoms with Gasteiger partial charge in [-0.3, -0.25) is 4.79 Å². The number of benzene rings is 1. The third-order valence-electron chi connectivity index (χ3n) is 7.42. The summed E-state index contributed by atoms with van der Waals surface area (Å²) in [5, 5.41) is 0. The van der Waals surface area contributed by atoms with Crippen LogP contribution in [0.25, 0.3) is 11.4 Å². The van der Waals surface area contributed by atoms with Crippen LogP contribution in [-0.4, -0.2) is 40.4 Å². The van der Waals surface area contributed by atoms with E-state index in [0.29, 0.717) is 12.5 Å². The molecule has 1 aromatic carbocycles. The second-order valence-electron chi connectivity index (χ2n) is 9.68. The van der Waals surface area contributed by atoms with Crippen molar-refractivity contribution < 1.29 is 4.79 Å². The number of amides is 1. The molecule has 5 heteroatoms. The van der Waals surface area contributed by atoms with Crippen molar-refractivity contribution in [3.63, 3.8) is 0 Å². The second kappa shape index (κ2) is 8.97. The smallest absolute Gasteiger partial charge is 0.225 e. The quantitative estimate of drug-likeness (QED) is 0.715. The third-order valence-corrected chi connectivity index (χ3v) is 7.42. The van der Waals surface area contributed by atoms with E-state index in [4.69, 9.17) is 9.97 Å². The molecule has 2 aromatic rings. The van der Waals surface area contributed by atoms with Crippen molar-refractivity contribution in [2.75, 3.05) is 24.5 Å². The second-order valence-corrected chi connectivity index (χ2v) is 9.68. The summed E-state index contributed by atoms with van der Waals surface area (Å²) < 4.78 is 0. The highest BCUT2D eigenvalue weighted by atomic mass is 16.2. The number of rotatable bonds is 3. The van der Waals surface area contributed by atoms with Crippen molar-refractivity contribution in [1.82, 2.24) is 14.9 Å².